The van der Waals surface area contributed by atoms with Gasteiger partial charge in [0.05, 0.1) is 25.8 Å². The molecule has 0 aliphatic carbocycles. The fourth-order valence-electron chi connectivity index (χ4n) is 3.38. The van der Waals surface area contributed by atoms with Crippen LogP contribution in [0.3, 0.4) is 0 Å². The molecule has 1 aliphatic heterocycles. The number of pyridine rings is 1. The second kappa shape index (κ2) is 8.11. The van der Waals surface area contributed by atoms with Gasteiger partial charge in [-0.05, 0) is 45.0 Å². The summed E-state index contributed by atoms with van der Waals surface area (Å²) in [7, 11) is 3.18. The summed E-state index contributed by atoms with van der Waals surface area (Å²) in [4.78, 5) is 31.3. The number of hydrogen-bond acceptors (Lipinski definition) is 5. The third-order valence-electron chi connectivity index (χ3n) is 4.95. The second-order valence-electron chi connectivity index (χ2n) is 8.07. The monoisotopic (exact) mass is 397 g/mol. The summed E-state index contributed by atoms with van der Waals surface area (Å²) in [5, 5.41) is 2.85. The molecule has 1 aromatic heterocycles. The summed E-state index contributed by atoms with van der Waals surface area (Å²) in [5.41, 5.74) is 1.20. The van der Waals surface area contributed by atoms with Crippen LogP contribution in [0.25, 0.3) is 11.3 Å². The Kier molecular flexibility index (Phi) is 5.77. The molecule has 1 unspecified atom stereocenters. The van der Waals surface area contributed by atoms with Gasteiger partial charge in [-0.2, -0.15) is 0 Å². The molecule has 2 amide bonds. The summed E-state index contributed by atoms with van der Waals surface area (Å²) >= 11 is 0. The minimum Gasteiger partial charge on any atom is -0.497 e. The molecule has 3 rings (SSSR count). The van der Waals surface area contributed by atoms with Gasteiger partial charge in [0, 0.05) is 30.1 Å². The van der Waals surface area contributed by atoms with Crippen molar-refractivity contribution < 1.29 is 19.1 Å². The number of hydrogen-bond donors (Lipinski definition) is 1. The van der Waals surface area contributed by atoms with Crippen LogP contribution >= 0.6 is 0 Å². The van der Waals surface area contributed by atoms with Crippen LogP contribution in [0.15, 0.2) is 36.4 Å². The lowest BCUT2D eigenvalue weighted by molar-refractivity contribution is -0.131. The van der Waals surface area contributed by atoms with Crippen LogP contribution in [0.4, 0.5) is 5.82 Å². The number of nitrogens with one attached hydrogen (secondary N) is 1. The zero-order valence-electron chi connectivity index (χ0n) is 17.5. The zero-order chi connectivity index (χ0) is 21.2. The SMILES string of the molecule is COc1cc(OC)cc(-c2cccc(NC(=O)C3CC(=O)N(C(C)(C)C)C3)n2)c1. The van der Waals surface area contributed by atoms with E-state index in [1.165, 1.54) is 0 Å². The quantitative estimate of drug-likeness (QED) is 0.837. The van der Waals surface area contributed by atoms with Crippen molar-refractivity contribution >= 4 is 17.6 Å². The molecule has 7 heteroatoms. The van der Waals surface area contributed by atoms with E-state index in [0.29, 0.717) is 29.6 Å². The second-order valence-corrected chi connectivity index (χ2v) is 8.07. The number of ether oxygens (including phenoxy) is 2. The highest BCUT2D eigenvalue weighted by Gasteiger charge is 2.39. The van der Waals surface area contributed by atoms with Crippen LogP contribution in [-0.4, -0.2) is 48.0 Å². The Bertz CT molecular complexity index is 898. The Balaban J connectivity index is 1.77. The van der Waals surface area contributed by atoms with E-state index < -0.39 is 0 Å². The van der Waals surface area contributed by atoms with Gasteiger partial charge >= 0.3 is 0 Å². The van der Waals surface area contributed by atoms with Crippen molar-refractivity contribution in [2.24, 2.45) is 5.92 Å². The van der Waals surface area contributed by atoms with E-state index >= 15 is 0 Å². The number of benzene rings is 1. The number of nitrogens with zero attached hydrogens (tertiary/aromatic N) is 2. The molecular formula is C22H27N3O4. The van der Waals surface area contributed by atoms with Gasteiger partial charge in [0.15, 0.2) is 0 Å². The number of amides is 2. The molecule has 2 aromatic rings. The summed E-state index contributed by atoms with van der Waals surface area (Å²) in [6, 6.07) is 10.9. The number of likely N-dealkylation sites (tertiary alicyclic amines) is 1. The number of aromatic nitrogens is 1. The molecule has 2 heterocycles. The lowest BCUT2D eigenvalue weighted by Gasteiger charge is -2.31. The average molecular weight is 397 g/mol. The standard InChI is InChI=1S/C22H27N3O4/c1-22(2,3)25-13-15(11-20(25)26)21(27)24-19-8-6-7-18(23-19)14-9-16(28-4)12-17(10-14)29-5/h6-10,12,15H,11,13H2,1-5H3,(H,23,24,27). The molecule has 0 radical (unpaired) electrons. The minimum atomic E-state index is -0.385. The van der Waals surface area contributed by atoms with Gasteiger partial charge in [0.2, 0.25) is 11.8 Å². The van der Waals surface area contributed by atoms with Crippen molar-refractivity contribution in [2.45, 2.75) is 32.7 Å². The van der Waals surface area contributed by atoms with E-state index in [1.807, 2.05) is 45.0 Å². The maximum atomic E-state index is 12.7. The third-order valence-corrected chi connectivity index (χ3v) is 4.95. The predicted molar refractivity (Wildman–Crippen MR) is 111 cm³/mol. The molecule has 7 nitrogen and oxygen atoms in total. The summed E-state index contributed by atoms with van der Waals surface area (Å²) in [6.07, 6.45) is 0.218. The normalized spacial score (nSPS) is 16.7. The first-order chi connectivity index (χ1) is 13.7. The molecule has 1 N–H and O–H groups in total. The van der Waals surface area contributed by atoms with Crippen molar-refractivity contribution in [3.05, 3.63) is 36.4 Å². The lowest BCUT2D eigenvalue weighted by atomic mass is 10.1. The maximum Gasteiger partial charge on any atom is 0.230 e. The Morgan fingerprint density at radius 2 is 1.79 bits per heavy atom. The third kappa shape index (κ3) is 4.67. The van der Waals surface area contributed by atoms with Crippen molar-refractivity contribution in [1.29, 1.82) is 0 Å². The van der Waals surface area contributed by atoms with Crippen molar-refractivity contribution in [3.63, 3.8) is 0 Å². The van der Waals surface area contributed by atoms with Gasteiger partial charge < -0.3 is 19.7 Å². The van der Waals surface area contributed by atoms with Gasteiger partial charge in [0.25, 0.3) is 0 Å². The summed E-state index contributed by atoms with van der Waals surface area (Å²) < 4.78 is 10.6. The fourth-order valence-corrected chi connectivity index (χ4v) is 3.38. The van der Waals surface area contributed by atoms with Crippen LogP contribution in [0.5, 0.6) is 11.5 Å². The number of anilines is 1. The van der Waals surface area contributed by atoms with Crippen LogP contribution in [0, 0.1) is 5.92 Å². The topological polar surface area (TPSA) is 80.8 Å². The highest BCUT2D eigenvalue weighted by Crippen LogP contribution is 2.30. The first kappa shape index (κ1) is 20.6. The zero-order valence-corrected chi connectivity index (χ0v) is 17.5. The Hall–Kier alpha value is -3.09. The molecule has 1 aromatic carbocycles. The number of carbonyl (C=O) groups is 2. The molecule has 1 atom stereocenters. The van der Waals surface area contributed by atoms with Gasteiger partial charge in [-0.25, -0.2) is 4.98 Å². The van der Waals surface area contributed by atoms with E-state index in [2.05, 4.69) is 10.3 Å². The van der Waals surface area contributed by atoms with Gasteiger partial charge in [-0.1, -0.05) is 6.07 Å². The van der Waals surface area contributed by atoms with E-state index in [4.69, 9.17) is 9.47 Å². The molecule has 0 spiro atoms. The van der Waals surface area contributed by atoms with Crippen LogP contribution in [-0.2, 0) is 9.59 Å². The maximum absolute atomic E-state index is 12.7. The largest absolute Gasteiger partial charge is 0.497 e. The highest BCUT2D eigenvalue weighted by molar-refractivity contribution is 5.97. The van der Waals surface area contributed by atoms with Gasteiger partial charge in [-0.15, -0.1) is 0 Å². The average Bonchev–Trinajstić information content (AvgIpc) is 3.10. The predicted octanol–water partition coefficient (Wildman–Crippen LogP) is 3.35. The van der Waals surface area contributed by atoms with Crippen LogP contribution in [0.2, 0.25) is 0 Å². The number of rotatable bonds is 5. The molecule has 1 aliphatic rings. The molecule has 29 heavy (non-hydrogen) atoms. The van der Waals surface area contributed by atoms with E-state index in [9.17, 15) is 9.59 Å². The first-order valence-corrected chi connectivity index (χ1v) is 9.53. The fraction of sp³-hybridized carbons (Fsp3) is 0.409. The smallest absolute Gasteiger partial charge is 0.230 e. The van der Waals surface area contributed by atoms with Crippen molar-refractivity contribution in [2.75, 3.05) is 26.1 Å². The molecule has 0 bridgehead atoms. The molecule has 154 valence electrons. The highest BCUT2D eigenvalue weighted by atomic mass is 16.5. The molecule has 1 fully saturated rings. The summed E-state index contributed by atoms with van der Waals surface area (Å²) in [5.74, 6) is 1.17. The first-order valence-electron chi connectivity index (χ1n) is 9.53. The lowest BCUT2D eigenvalue weighted by Crippen LogP contribution is -2.42. The van der Waals surface area contributed by atoms with Gasteiger partial charge in [0.1, 0.15) is 17.3 Å². The molecule has 0 saturated carbocycles. The minimum absolute atomic E-state index is 0.00263. The Labute approximate surface area is 171 Å². The van der Waals surface area contributed by atoms with E-state index in [-0.39, 0.29) is 29.7 Å². The van der Waals surface area contributed by atoms with Crippen molar-refractivity contribution in [3.8, 4) is 22.8 Å². The summed E-state index contributed by atoms with van der Waals surface area (Å²) in [6.45, 7) is 6.33. The van der Waals surface area contributed by atoms with Crippen LogP contribution < -0.4 is 14.8 Å². The van der Waals surface area contributed by atoms with E-state index in [0.717, 1.165) is 5.56 Å². The van der Waals surface area contributed by atoms with Crippen molar-refractivity contribution in [1.82, 2.24) is 9.88 Å². The Morgan fingerprint density at radius 3 is 2.34 bits per heavy atom. The van der Waals surface area contributed by atoms with Gasteiger partial charge in [-0.3, -0.25) is 9.59 Å². The number of methoxy groups -OCH3 is 2. The number of carbonyl (C=O) groups excluding carboxylic acids is 2. The Morgan fingerprint density at radius 1 is 1.14 bits per heavy atom. The molecular weight excluding hydrogens is 370 g/mol. The molecule has 1 saturated heterocycles. The van der Waals surface area contributed by atoms with E-state index in [1.54, 1.807) is 31.3 Å². The van der Waals surface area contributed by atoms with Crippen LogP contribution in [0.1, 0.15) is 27.2 Å².